The molecule has 0 radical (unpaired) electrons. The molecule has 0 saturated carbocycles. The summed E-state index contributed by atoms with van der Waals surface area (Å²) in [5.74, 6) is -0.311. The molecule has 7 nitrogen and oxygen atoms in total. The summed E-state index contributed by atoms with van der Waals surface area (Å²) in [6, 6.07) is -0.516. The molecular weight excluding hydrogens is 200 g/mol. The van der Waals surface area contributed by atoms with E-state index in [-0.39, 0.29) is 0 Å². The molecule has 1 aromatic rings. The van der Waals surface area contributed by atoms with Gasteiger partial charge in [0.05, 0.1) is 6.54 Å². The third-order valence-corrected chi connectivity index (χ3v) is 2.39. The number of carbonyl (C=O) groups is 1. The Hall–Kier alpha value is -1.47. The van der Waals surface area contributed by atoms with Gasteiger partial charge in [0.1, 0.15) is 6.04 Å². The van der Waals surface area contributed by atoms with E-state index in [4.69, 9.17) is 5.11 Å². The third-order valence-electron chi connectivity index (χ3n) is 2.39. The van der Waals surface area contributed by atoms with Crippen molar-refractivity contribution in [1.29, 1.82) is 0 Å². The smallest absolute Gasteiger partial charge is 0.322 e. The first-order chi connectivity index (χ1) is 7.27. The van der Waals surface area contributed by atoms with Gasteiger partial charge in [-0.15, -0.1) is 0 Å². The first kappa shape index (κ1) is 10.1. The Morgan fingerprint density at radius 3 is 3.33 bits per heavy atom. The number of carboxylic acid groups (broad SMARTS) is 1. The quantitative estimate of drug-likeness (QED) is 0.659. The van der Waals surface area contributed by atoms with Crippen molar-refractivity contribution in [3.63, 3.8) is 0 Å². The monoisotopic (exact) mass is 212 g/mol. The zero-order valence-electron chi connectivity index (χ0n) is 8.09. The largest absolute Gasteiger partial charge is 0.480 e. The number of hydrogen-bond donors (Lipinski definition) is 2. The third kappa shape index (κ3) is 2.31. The van der Waals surface area contributed by atoms with Gasteiger partial charge in [-0.2, -0.15) is 4.98 Å². The number of nitrogens with zero attached hydrogens (tertiary/aromatic N) is 3. The highest BCUT2D eigenvalue weighted by atomic mass is 16.5. The van der Waals surface area contributed by atoms with Crippen LogP contribution >= 0.6 is 0 Å². The molecule has 0 aliphatic carbocycles. The second-order valence-electron chi connectivity index (χ2n) is 3.38. The van der Waals surface area contributed by atoms with E-state index in [2.05, 4.69) is 20.0 Å². The van der Waals surface area contributed by atoms with E-state index in [1.165, 1.54) is 6.39 Å². The molecule has 1 unspecified atom stereocenters. The van der Waals surface area contributed by atoms with Crippen molar-refractivity contribution < 1.29 is 14.4 Å². The lowest BCUT2D eigenvalue weighted by atomic mass is 10.2. The average molecular weight is 212 g/mol. The molecule has 15 heavy (non-hydrogen) atoms. The SMILES string of the molecule is O=C(O)C1CNCCN1Cc1ncon1. The topological polar surface area (TPSA) is 91.5 Å². The summed E-state index contributed by atoms with van der Waals surface area (Å²) in [5, 5.41) is 15.7. The molecular formula is C8H12N4O3. The average Bonchev–Trinajstić information content (AvgIpc) is 2.71. The van der Waals surface area contributed by atoms with E-state index < -0.39 is 12.0 Å². The Morgan fingerprint density at radius 2 is 2.67 bits per heavy atom. The predicted octanol–water partition coefficient (Wildman–Crippen LogP) is -1.07. The van der Waals surface area contributed by atoms with Gasteiger partial charge in [-0.1, -0.05) is 5.16 Å². The van der Waals surface area contributed by atoms with Crippen LogP contribution < -0.4 is 5.32 Å². The van der Waals surface area contributed by atoms with E-state index in [1.807, 2.05) is 4.90 Å². The number of rotatable bonds is 3. The summed E-state index contributed by atoms with van der Waals surface area (Å²) in [6.07, 6.45) is 1.24. The van der Waals surface area contributed by atoms with Crippen LogP contribution in [0, 0.1) is 0 Å². The van der Waals surface area contributed by atoms with Crippen molar-refractivity contribution in [2.24, 2.45) is 0 Å². The highest BCUT2D eigenvalue weighted by Crippen LogP contribution is 2.07. The maximum atomic E-state index is 10.9. The van der Waals surface area contributed by atoms with E-state index in [0.717, 1.165) is 6.54 Å². The van der Waals surface area contributed by atoms with Crippen LogP contribution in [-0.4, -0.2) is 51.8 Å². The molecule has 1 atom stereocenters. The van der Waals surface area contributed by atoms with Crippen molar-refractivity contribution in [2.45, 2.75) is 12.6 Å². The maximum absolute atomic E-state index is 10.9. The molecule has 7 heteroatoms. The summed E-state index contributed by atoms with van der Waals surface area (Å²) in [4.78, 5) is 16.6. The normalized spacial score (nSPS) is 22.8. The van der Waals surface area contributed by atoms with Crippen LogP contribution in [-0.2, 0) is 11.3 Å². The Kier molecular flexibility index (Phi) is 2.93. The standard InChI is InChI=1S/C8H12N4O3/c13-8(14)6-3-9-1-2-12(6)4-7-10-5-15-11-7/h5-6,9H,1-4H2,(H,13,14). The van der Waals surface area contributed by atoms with Crippen LogP contribution in [0.5, 0.6) is 0 Å². The number of aromatic nitrogens is 2. The van der Waals surface area contributed by atoms with Crippen molar-refractivity contribution in [3.8, 4) is 0 Å². The Bertz CT molecular complexity index is 327. The second-order valence-corrected chi connectivity index (χ2v) is 3.38. The van der Waals surface area contributed by atoms with Gasteiger partial charge in [-0.05, 0) is 0 Å². The molecule has 82 valence electrons. The van der Waals surface area contributed by atoms with Gasteiger partial charge in [0.25, 0.3) is 0 Å². The highest BCUT2D eigenvalue weighted by molar-refractivity contribution is 5.73. The summed E-state index contributed by atoms with van der Waals surface area (Å²) in [6.45, 7) is 2.31. The molecule has 2 heterocycles. The van der Waals surface area contributed by atoms with Crippen molar-refractivity contribution in [2.75, 3.05) is 19.6 Å². The van der Waals surface area contributed by atoms with Crippen LogP contribution in [0.25, 0.3) is 0 Å². The minimum atomic E-state index is -0.828. The molecule has 1 aliphatic heterocycles. The van der Waals surface area contributed by atoms with Gasteiger partial charge >= 0.3 is 5.97 Å². The summed E-state index contributed by atoms with van der Waals surface area (Å²) in [7, 11) is 0. The Labute approximate surface area is 86.1 Å². The Balaban J connectivity index is 2.02. The van der Waals surface area contributed by atoms with Crippen LogP contribution in [0.4, 0.5) is 0 Å². The molecule has 1 aromatic heterocycles. The molecule has 2 rings (SSSR count). The maximum Gasteiger partial charge on any atom is 0.322 e. The summed E-state index contributed by atoms with van der Waals surface area (Å²) < 4.78 is 4.60. The predicted molar refractivity (Wildman–Crippen MR) is 49.0 cm³/mol. The minimum absolute atomic E-state index is 0.412. The zero-order valence-corrected chi connectivity index (χ0v) is 8.09. The van der Waals surface area contributed by atoms with Gasteiger partial charge in [0.15, 0.2) is 5.82 Å². The second kappa shape index (κ2) is 4.37. The van der Waals surface area contributed by atoms with E-state index in [0.29, 0.717) is 25.5 Å². The van der Waals surface area contributed by atoms with E-state index in [9.17, 15) is 4.79 Å². The van der Waals surface area contributed by atoms with Gasteiger partial charge < -0.3 is 14.9 Å². The number of piperazine rings is 1. The minimum Gasteiger partial charge on any atom is -0.480 e. The number of carboxylic acids is 1. The van der Waals surface area contributed by atoms with E-state index in [1.54, 1.807) is 0 Å². The lowest BCUT2D eigenvalue weighted by molar-refractivity contribution is -0.144. The van der Waals surface area contributed by atoms with Gasteiger partial charge in [0, 0.05) is 19.6 Å². The number of nitrogens with one attached hydrogen (secondary N) is 1. The van der Waals surface area contributed by atoms with Crippen molar-refractivity contribution in [1.82, 2.24) is 20.4 Å². The molecule has 1 fully saturated rings. The summed E-state index contributed by atoms with van der Waals surface area (Å²) >= 11 is 0. The first-order valence-electron chi connectivity index (χ1n) is 4.70. The van der Waals surface area contributed by atoms with Gasteiger partial charge in [-0.25, -0.2) is 0 Å². The number of hydrogen-bond acceptors (Lipinski definition) is 6. The van der Waals surface area contributed by atoms with Crippen LogP contribution in [0.2, 0.25) is 0 Å². The first-order valence-corrected chi connectivity index (χ1v) is 4.70. The van der Waals surface area contributed by atoms with Crippen molar-refractivity contribution in [3.05, 3.63) is 12.2 Å². The molecule has 0 spiro atoms. The van der Waals surface area contributed by atoms with Gasteiger partial charge in [0.2, 0.25) is 6.39 Å². The van der Waals surface area contributed by atoms with Crippen LogP contribution in [0.3, 0.4) is 0 Å². The highest BCUT2D eigenvalue weighted by Gasteiger charge is 2.28. The van der Waals surface area contributed by atoms with Crippen molar-refractivity contribution >= 4 is 5.97 Å². The fourth-order valence-electron chi connectivity index (χ4n) is 1.62. The van der Waals surface area contributed by atoms with Crippen LogP contribution in [0.1, 0.15) is 5.82 Å². The Morgan fingerprint density at radius 1 is 1.80 bits per heavy atom. The van der Waals surface area contributed by atoms with Crippen LogP contribution in [0.15, 0.2) is 10.9 Å². The van der Waals surface area contributed by atoms with Gasteiger partial charge in [-0.3, -0.25) is 9.69 Å². The lowest BCUT2D eigenvalue weighted by Crippen LogP contribution is -2.54. The molecule has 0 aromatic carbocycles. The molecule has 1 saturated heterocycles. The van der Waals surface area contributed by atoms with E-state index >= 15 is 0 Å². The fourth-order valence-corrected chi connectivity index (χ4v) is 1.62. The molecule has 1 aliphatic rings. The molecule has 0 amide bonds. The molecule has 2 N–H and O–H groups in total. The lowest BCUT2D eigenvalue weighted by Gasteiger charge is -2.32. The fraction of sp³-hybridized carbons (Fsp3) is 0.625. The zero-order chi connectivity index (χ0) is 10.7. The molecule has 0 bridgehead atoms. The summed E-state index contributed by atoms with van der Waals surface area (Å²) in [5.41, 5.74) is 0. The number of aliphatic carboxylic acids is 1.